The number of nitrogens with zero attached hydrogens (tertiary/aromatic N) is 2. The summed E-state index contributed by atoms with van der Waals surface area (Å²) in [5, 5.41) is 3.83. The van der Waals surface area contributed by atoms with Gasteiger partial charge >= 0.3 is 0 Å². The molecule has 0 atom stereocenters. The Hall–Kier alpha value is -1.65. The number of aryl methyl sites for hydroxylation is 1. The van der Waals surface area contributed by atoms with Gasteiger partial charge in [-0.2, -0.15) is 0 Å². The van der Waals surface area contributed by atoms with Crippen molar-refractivity contribution < 1.29 is 4.74 Å². The molecule has 0 radical (unpaired) electrons. The SMILES string of the molecule is CNCc1nc(C(C)C)ncc1Oc1ccc(Cl)c(C)c1. The molecular formula is C16H20ClN3O. The van der Waals surface area contributed by atoms with Gasteiger partial charge in [0.25, 0.3) is 0 Å². The Morgan fingerprint density at radius 1 is 1.33 bits per heavy atom. The Morgan fingerprint density at radius 2 is 2.10 bits per heavy atom. The van der Waals surface area contributed by atoms with Gasteiger partial charge in [0.1, 0.15) is 17.3 Å². The van der Waals surface area contributed by atoms with Crippen molar-refractivity contribution in [1.82, 2.24) is 15.3 Å². The second-order valence-electron chi connectivity index (χ2n) is 5.24. The van der Waals surface area contributed by atoms with Gasteiger partial charge < -0.3 is 10.1 Å². The average Bonchev–Trinajstić information content (AvgIpc) is 2.45. The van der Waals surface area contributed by atoms with Crippen LogP contribution in [-0.2, 0) is 6.54 Å². The summed E-state index contributed by atoms with van der Waals surface area (Å²) in [4.78, 5) is 8.94. The van der Waals surface area contributed by atoms with Crippen LogP contribution in [0.25, 0.3) is 0 Å². The molecule has 4 nitrogen and oxygen atoms in total. The summed E-state index contributed by atoms with van der Waals surface area (Å²) in [6.45, 7) is 6.72. The Labute approximate surface area is 130 Å². The van der Waals surface area contributed by atoms with E-state index in [-0.39, 0.29) is 5.92 Å². The fourth-order valence-corrected chi connectivity index (χ4v) is 2.00. The highest BCUT2D eigenvalue weighted by Gasteiger charge is 2.11. The van der Waals surface area contributed by atoms with E-state index in [1.54, 1.807) is 6.20 Å². The van der Waals surface area contributed by atoms with Crippen LogP contribution in [0.5, 0.6) is 11.5 Å². The van der Waals surface area contributed by atoms with Gasteiger partial charge in [0, 0.05) is 17.5 Å². The summed E-state index contributed by atoms with van der Waals surface area (Å²) in [6.07, 6.45) is 1.74. The molecule has 1 aromatic carbocycles. The van der Waals surface area contributed by atoms with Gasteiger partial charge in [-0.05, 0) is 37.7 Å². The average molecular weight is 306 g/mol. The summed E-state index contributed by atoms with van der Waals surface area (Å²) in [5.74, 6) is 2.50. The van der Waals surface area contributed by atoms with E-state index >= 15 is 0 Å². The van der Waals surface area contributed by atoms with Crippen molar-refractivity contribution in [1.29, 1.82) is 0 Å². The lowest BCUT2D eigenvalue weighted by molar-refractivity contribution is 0.464. The molecule has 0 bridgehead atoms. The van der Waals surface area contributed by atoms with Gasteiger partial charge in [-0.25, -0.2) is 9.97 Å². The van der Waals surface area contributed by atoms with Crippen LogP contribution in [0.15, 0.2) is 24.4 Å². The van der Waals surface area contributed by atoms with E-state index in [1.807, 2.05) is 32.2 Å². The zero-order valence-electron chi connectivity index (χ0n) is 12.8. The predicted octanol–water partition coefficient (Wildman–Crippen LogP) is 4.07. The molecule has 0 amide bonds. The lowest BCUT2D eigenvalue weighted by Gasteiger charge is -2.13. The molecule has 0 spiro atoms. The largest absolute Gasteiger partial charge is 0.454 e. The van der Waals surface area contributed by atoms with E-state index in [4.69, 9.17) is 16.3 Å². The summed E-state index contributed by atoms with van der Waals surface area (Å²) in [6, 6.07) is 5.57. The van der Waals surface area contributed by atoms with E-state index in [9.17, 15) is 0 Å². The van der Waals surface area contributed by atoms with Gasteiger partial charge in [0.2, 0.25) is 0 Å². The summed E-state index contributed by atoms with van der Waals surface area (Å²) in [5.41, 5.74) is 1.83. The maximum atomic E-state index is 6.03. The van der Waals surface area contributed by atoms with Crippen molar-refractivity contribution in [2.75, 3.05) is 7.05 Å². The zero-order valence-corrected chi connectivity index (χ0v) is 13.5. The molecule has 21 heavy (non-hydrogen) atoms. The first kappa shape index (κ1) is 15.7. The maximum Gasteiger partial charge on any atom is 0.168 e. The van der Waals surface area contributed by atoms with Crippen molar-refractivity contribution in [3.05, 3.63) is 46.5 Å². The quantitative estimate of drug-likeness (QED) is 0.904. The van der Waals surface area contributed by atoms with Gasteiger partial charge in [-0.15, -0.1) is 0 Å². The van der Waals surface area contributed by atoms with Gasteiger partial charge in [0.05, 0.1) is 6.20 Å². The number of hydrogen-bond acceptors (Lipinski definition) is 4. The van der Waals surface area contributed by atoms with E-state index in [1.165, 1.54) is 0 Å². The molecule has 5 heteroatoms. The van der Waals surface area contributed by atoms with Crippen LogP contribution in [0.1, 0.15) is 36.8 Å². The minimum atomic E-state index is 0.285. The van der Waals surface area contributed by atoms with Gasteiger partial charge in [-0.1, -0.05) is 25.4 Å². The van der Waals surface area contributed by atoms with E-state index in [0.29, 0.717) is 12.3 Å². The molecule has 1 heterocycles. The molecule has 1 aromatic heterocycles. The van der Waals surface area contributed by atoms with Crippen LogP contribution in [-0.4, -0.2) is 17.0 Å². The Bertz CT molecular complexity index is 629. The number of ether oxygens (including phenoxy) is 1. The molecule has 0 fully saturated rings. The fourth-order valence-electron chi connectivity index (χ4n) is 1.89. The van der Waals surface area contributed by atoms with Gasteiger partial charge in [0.15, 0.2) is 5.75 Å². The topological polar surface area (TPSA) is 47.0 Å². The number of rotatable bonds is 5. The van der Waals surface area contributed by atoms with Crippen LogP contribution in [0.3, 0.4) is 0 Å². The van der Waals surface area contributed by atoms with Crippen LogP contribution in [0, 0.1) is 6.92 Å². The molecule has 2 aromatic rings. The minimum Gasteiger partial charge on any atom is -0.454 e. The predicted molar refractivity (Wildman–Crippen MR) is 85.1 cm³/mol. The molecular weight excluding hydrogens is 286 g/mol. The fraction of sp³-hybridized carbons (Fsp3) is 0.375. The molecule has 1 N–H and O–H groups in total. The number of halogens is 1. The standard InChI is InChI=1S/C16H20ClN3O/c1-10(2)16-19-9-15(14(20-16)8-18-4)21-12-5-6-13(17)11(3)7-12/h5-7,9-10,18H,8H2,1-4H3. The molecule has 2 rings (SSSR count). The monoisotopic (exact) mass is 305 g/mol. The molecule has 112 valence electrons. The Kier molecular flexibility index (Phi) is 5.15. The lowest BCUT2D eigenvalue weighted by Crippen LogP contribution is -2.11. The molecule has 0 unspecified atom stereocenters. The number of nitrogens with one attached hydrogen (secondary N) is 1. The van der Waals surface area contributed by atoms with Crippen molar-refractivity contribution in [2.45, 2.75) is 33.2 Å². The highest BCUT2D eigenvalue weighted by molar-refractivity contribution is 6.31. The van der Waals surface area contributed by atoms with Crippen molar-refractivity contribution >= 4 is 11.6 Å². The maximum absolute atomic E-state index is 6.03. The van der Waals surface area contributed by atoms with Crippen molar-refractivity contribution in [3.63, 3.8) is 0 Å². The van der Waals surface area contributed by atoms with E-state index < -0.39 is 0 Å². The zero-order chi connectivity index (χ0) is 15.4. The molecule has 0 aliphatic rings. The van der Waals surface area contributed by atoms with Crippen LogP contribution in [0.4, 0.5) is 0 Å². The molecule has 0 saturated carbocycles. The van der Waals surface area contributed by atoms with Crippen LogP contribution < -0.4 is 10.1 Å². The third-order valence-electron chi connectivity index (χ3n) is 3.07. The second-order valence-corrected chi connectivity index (χ2v) is 5.64. The highest BCUT2D eigenvalue weighted by atomic mass is 35.5. The Morgan fingerprint density at radius 3 is 2.71 bits per heavy atom. The van der Waals surface area contributed by atoms with Crippen LogP contribution in [0.2, 0.25) is 5.02 Å². The summed E-state index contributed by atoms with van der Waals surface area (Å²) in [7, 11) is 1.88. The number of hydrogen-bond donors (Lipinski definition) is 1. The Balaban J connectivity index is 2.31. The normalized spacial score (nSPS) is 11.0. The third-order valence-corrected chi connectivity index (χ3v) is 3.49. The molecule has 0 saturated heterocycles. The van der Waals surface area contributed by atoms with Gasteiger partial charge in [-0.3, -0.25) is 0 Å². The molecule has 0 aliphatic carbocycles. The minimum absolute atomic E-state index is 0.285. The first-order valence-corrected chi connectivity index (χ1v) is 7.33. The third kappa shape index (κ3) is 3.93. The van der Waals surface area contributed by atoms with Crippen molar-refractivity contribution in [3.8, 4) is 11.5 Å². The second kappa shape index (κ2) is 6.87. The van der Waals surface area contributed by atoms with E-state index in [2.05, 4.69) is 29.1 Å². The number of aromatic nitrogens is 2. The smallest absolute Gasteiger partial charge is 0.168 e. The summed E-state index contributed by atoms with van der Waals surface area (Å²) < 4.78 is 5.91. The number of benzene rings is 1. The first-order chi connectivity index (χ1) is 10.0. The molecule has 0 aliphatic heterocycles. The lowest BCUT2D eigenvalue weighted by atomic mass is 10.2. The van der Waals surface area contributed by atoms with Crippen LogP contribution >= 0.6 is 11.6 Å². The van der Waals surface area contributed by atoms with Crippen molar-refractivity contribution in [2.24, 2.45) is 0 Å². The highest BCUT2D eigenvalue weighted by Crippen LogP contribution is 2.28. The van der Waals surface area contributed by atoms with E-state index in [0.717, 1.165) is 27.9 Å². The first-order valence-electron chi connectivity index (χ1n) is 6.95. The summed E-state index contributed by atoms with van der Waals surface area (Å²) >= 11 is 6.03.